The van der Waals surface area contributed by atoms with Gasteiger partial charge in [-0.3, -0.25) is 9.69 Å². The molecule has 1 unspecified atom stereocenters. The Bertz CT molecular complexity index is 890. The van der Waals surface area contributed by atoms with Gasteiger partial charge in [-0.05, 0) is 38.6 Å². The largest absolute Gasteiger partial charge is 0.444 e. The van der Waals surface area contributed by atoms with Gasteiger partial charge in [0.2, 0.25) is 5.91 Å². The lowest BCUT2D eigenvalue weighted by Crippen LogP contribution is -2.58. The van der Waals surface area contributed by atoms with E-state index in [1.165, 1.54) is 0 Å². The molecule has 1 atom stereocenters. The van der Waals surface area contributed by atoms with Gasteiger partial charge in [0.15, 0.2) is 0 Å². The third kappa shape index (κ3) is 5.60. The molecule has 0 bridgehead atoms. The van der Waals surface area contributed by atoms with Crippen LogP contribution >= 0.6 is 0 Å². The molecule has 3 N–H and O–H groups in total. The van der Waals surface area contributed by atoms with Gasteiger partial charge < -0.3 is 20.7 Å². The fourth-order valence-electron chi connectivity index (χ4n) is 3.69. The second-order valence-corrected chi connectivity index (χ2v) is 8.54. The van der Waals surface area contributed by atoms with Crippen LogP contribution in [0.15, 0.2) is 36.5 Å². The number of nitrogens with one attached hydrogen (secondary N) is 1. The highest BCUT2D eigenvalue weighted by molar-refractivity contribution is 5.92. The van der Waals surface area contributed by atoms with Crippen LogP contribution in [0.3, 0.4) is 0 Å². The van der Waals surface area contributed by atoms with Crippen LogP contribution in [-0.4, -0.2) is 66.3 Å². The minimum atomic E-state index is -0.521. The standard InChI is InChI=1S/C22H31N5O3/c1-22(2,3)30-21(29)25-10-6-12-26-13-14-27(15-18(26)19(23)28)20-17-8-5-4-7-16(17)9-11-24-20/h4-5,7-9,11,18H,6,10,12-15H2,1-3H3,(H2,23,28)(H,25,29). The predicted octanol–water partition coefficient (Wildman–Crippen LogP) is 2.13. The summed E-state index contributed by atoms with van der Waals surface area (Å²) in [5.41, 5.74) is 5.19. The Morgan fingerprint density at radius 1 is 1.23 bits per heavy atom. The molecule has 8 nitrogen and oxygen atoms in total. The summed E-state index contributed by atoms with van der Waals surface area (Å²) in [5.74, 6) is 0.533. The molecule has 3 rings (SSSR count). The van der Waals surface area contributed by atoms with E-state index < -0.39 is 17.7 Å². The van der Waals surface area contributed by atoms with Crippen LogP contribution in [-0.2, 0) is 9.53 Å². The maximum absolute atomic E-state index is 12.1. The van der Waals surface area contributed by atoms with Crippen molar-refractivity contribution < 1.29 is 14.3 Å². The number of benzene rings is 1. The first-order valence-electron chi connectivity index (χ1n) is 10.3. The summed E-state index contributed by atoms with van der Waals surface area (Å²) < 4.78 is 5.24. The predicted molar refractivity (Wildman–Crippen MR) is 117 cm³/mol. The van der Waals surface area contributed by atoms with E-state index in [1.807, 2.05) is 45.0 Å². The van der Waals surface area contributed by atoms with E-state index >= 15 is 0 Å². The van der Waals surface area contributed by atoms with E-state index in [9.17, 15) is 9.59 Å². The fraction of sp³-hybridized carbons (Fsp3) is 0.500. The van der Waals surface area contributed by atoms with E-state index in [1.54, 1.807) is 6.20 Å². The van der Waals surface area contributed by atoms with Gasteiger partial charge in [0, 0.05) is 44.3 Å². The zero-order valence-corrected chi connectivity index (χ0v) is 17.9. The Balaban J connectivity index is 1.58. The van der Waals surface area contributed by atoms with E-state index in [2.05, 4.69) is 26.2 Å². The van der Waals surface area contributed by atoms with E-state index in [0.29, 0.717) is 32.6 Å². The molecule has 0 spiro atoms. The summed E-state index contributed by atoms with van der Waals surface area (Å²) in [6.45, 7) is 8.58. The minimum Gasteiger partial charge on any atom is -0.444 e. The number of hydrogen-bond acceptors (Lipinski definition) is 6. The first-order chi connectivity index (χ1) is 14.2. The average Bonchev–Trinajstić information content (AvgIpc) is 2.69. The van der Waals surface area contributed by atoms with Crippen molar-refractivity contribution in [3.63, 3.8) is 0 Å². The number of nitrogens with zero attached hydrogens (tertiary/aromatic N) is 3. The average molecular weight is 414 g/mol. The molecular formula is C22H31N5O3. The molecule has 0 radical (unpaired) electrons. The van der Waals surface area contributed by atoms with Crippen molar-refractivity contribution in [3.8, 4) is 0 Å². The van der Waals surface area contributed by atoms with Gasteiger partial charge in [0.1, 0.15) is 17.5 Å². The number of alkyl carbamates (subject to hydrolysis) is 1. The van der Waals surface area contributed by atoms with Crippen LogP contribution in [0.2, 0.25) is 0 Å². The first kappa shape index (κ1) is 21.8. The highest BCUT2D eigenvalue weighted by atomic mass is 16.6. The van der Waals surface area contributed by atoms with Crippen molar-refractivity contribution in [2.75, 3.05) is 37.6 Å². The third-order valence-corrected chi connectivity index (χ3v) is 5.06. The molecule has 1 aromatic heterocycles. The van der Waals surface area contributed by atoms with Gasteiger partial charge >= 0.3 is 6.09 Å². The summed E-state index contributed by atoms with van der Waals surface area (Å²) in [4.78, 5) is 32.7. The number of rotatable bonds is 6. The number of nitrogens with two attached hydrogens (primary N) is 1. The zero-order valence-electron chi connectivity index (χ0n) is 17.9. The van der Waals surface area contributed by atoms with Crippen LogP contribution in [0.5, 0.6) is 0 Å². The molecule has 1 saturated heterocycles. The van der Waals surface area contributed by atoms with Crippen LogP contribution < -0.4 is 16.0 Å². The minimum absolute atomic E-state index is 0.347. The lowest BCUT2D eigenvalue weighted by molar-refractivity contribution is -0.123. The fourth-order valence-corrected chi connectivity index (χ4v) is 3.69. The molecule has 1 fully saturated rings. The second-order valence-electron chi connectivity index (χ2n) is 8.54. The molecule has 2 aromatic rings. The number of hydrogen-bond donors (Lipinski definition) is 2. The number of carbonyl (C=O) groups is 2. The van der Waals surface area contributed by atoms with Gasteiger partial charge in [0.25, 0.3) is 0 Å². The highest BCUT2D eigenvalue weighted by Gasteiger charge is 2.31. The summed E-state index contributed by atoms with van der Waals surface area (Å²) in [6.07, 6.45) is 2.07. The third-order valence-electron chi connectivity index (χ3n) is 5.06. The lowest BCUT2D eigenvalue weighted by atomic mass is 10.1. The molecule has 8 heteroatoms. The number of ether oxygens (including phenoxy) is 1. The molecule has 0 aliphatic carbocycles. The number of pyridine rings is 1. The van der Waals surface area contributed by atoms with Crippen molar-refractivity contribution in [2.45, 2.75) is 38.8 Å². The monoisotopic (exact) mass is 413 g/mol. The van der Waals surface area contributed by atoms with Crippen LogP contribution in [0.1, 0.15) is 27.2 Å². The molecule has 162 valence electrons. The zero-order chi connectivity index (χ0) is 21.7. The SMILES string of the molecule is CC(C)(C)OC(=O)NCCCN1CCN(c2nccc3ccccc23)CC1C(N)=O. The van der Waals surface area contributed by atoms with Gasteiger partial charge in [-0.1, -0.05) is 24.3 Å². The Kier molecular flexibility index (Phi) is 6.77. The normalized spacial score (nSPS) is 17.7. The van der Waals surface area contributed by atoms with E-state index in [4.69, 9.17) is 10.5 Å². The molecule has 1 aromatic carbocycles. The maximum atomic E-state index is 12.1. The quantitative estimate of drug-likeness (QED) is 0.704. The number of piperazine rings is 1. The number of anilines is 1. The van der Waals surface area contributed by atoms with Gasteiger partial charge in [0.05, 0.1) is 0 Å². The topological polar surface area (TPSA) is 101 Å². The molecule has 1 aliphatic heterocycles. The Morgan fingerprint density at radius 3 is 2.73 bits per heavy atom. The molecular weight excluding hydrogens is 382 g/mol. The highest BCUT2D eigenvalue weighted by Crippen LogP contribution is 2.26. The number of amides is 2. The van der Waals surface area contributed by atoms with Crippen molar-refractivity contribution in [2.24, 2.45) is 5.73 Å². The van der Waals surface area contributed by atoms with Crippen LogP contribution in [0.4, 0.5) is 10.6 Å². The van der Waals surface area contributed by atoms with Crippen molar-refractivity contribution in [3.05, 3.63) is 36.5 Å². The molecule has 0 saturated carbocycles. The van der Waals surface area contributed by atoms with Crippen molar-refractivity contribution in [1.29, 1.82) is 0 Å². The number of fused-ring (bicyclic) bond motifs is 1. The molecule has 2 heterocycles. The number of carbonyl (C=O) groups excluding carboxylic acids is 2. The van der Waals surface area contributed by atoms with Gasteiger partial charge in [-0.15, -0.1) is 0 Å². The molecule has 1 aliphatic rings. The first-order valence-corrected chi connectivity index (χ1v) is 10.3. The maximum Gasteiger partial charge on any atom is 0.407 e. The van der Waals surface area contributed by atoms with Crippen LogP contribution in [0.25, 0.3) is 10.8 Å². The molecule has 2 amide bonds. The summed E-state index contributed by atoms with van der Waals surface area (Å²) in [6, 6.07) is 9.68. The van der Waals surface area contributed by atoms with Gasteiger partial charge in [-0.25, -0.2) is 9.78 Å². The summed E-state index contributed by atoms with van der Waals surface area (Å²) in [5, 5.41) is 4.94. The Hall–Kier alpha value is -2.87. The van der Waals surface area contributed by atoms with Crippen molar-refractivity contribution >= 4 is 28.6 Å². The second kappa shape index (κ2) is 9.30. The smallest absolute Gasteiger partial charge is 0.407 e. The lowest BCUT2D eigenvalue weighted by Gasteiger charge is -2.40. The Morgan fingerprint density at radius 2 is 2.00 bits per heavy atom. The van der Waals surface area contributed by atoms with Crippen LogP contribution in [0, 0.1) is 0 Å². The Labute approximate surface area is 177 Å². The van der Waals surface area contributed by atoms with Crippen molar-refractivity contribution in [1.82, 2.24) is 15.2 Å². The van der Waals surface area contributed by atoms with E-state index in [-0.39, 0.29) is 5.91 Å². The number of primary amides is 1. The summed E-state index contributed by atoms with van der Waals surface area (Å²) in [7, 11) is 0. The molecule has 30 heavy (non-hydrogen) atoms. The number of aromatic nitrogens is 1. The van der Waals surface area contributed by atoms with E-state index in [0.717, 1.165) is 23.1 Å². The van der Waals surface area contributed by atoms with Gasteiger partial charge in [-0.2, -0.15) is 0 Å². The summed E-state index contributed by atoms with van der Waals surface area (Å²) >= 11 is 0.